The van der Waals surface area contributed by atoms with E-state index >= 15 is 0 Å². The minimum absolute atomic E-state index is 0.684. The quantitative estimate of drug-likeness (QED) is 0.624. The number of benzene rings is 1. The second kappa shape index (κ2) is 3.95. The number of rotatable bonds is 2. The lowest BCUT2D eigenvalue weighted by molar-refractivity contribution is 1.39. The van der Waals surface area contributed by atoms with Gasteiger partial charge in [0.05, 0.1) is 0 Å². The molecule has 0 atom stereocenters. The molecule has 0 fully saturated rings. The molecule has 0 aliphatic rings. The topological polar surface area (TPSA) is 24.9 Å². The minimum atomic E-state index is 0.684. The van der Waals surface area contributed by atoms with Crippen LogP contribution in [-0.2, 0) is 0 Å². The normalized spacial score (nSPS) is 9.85. The van der Waals surface area contributed by atoms with E-state index < -0.39 is 0 Å². The molecule has 1 aromatic carbocycles. The van der Waals surface area contributed by atoms with Gasteiger partial charge in [-0.15, -0.1) is 0 Å². The molecule has 66 valence electrons. The largest absolute Gasteiger partial charge is 0.331 e. The standard InChI is InChI=1S/C8H6N2S3/c11-8-10-7(12-13-8)9-6-4-2-1-3-5-6/h1-5H,(H,9,10,11). The Hall–Kier alpha value is -0.780. The Bertz CT molecular complexity index is 432. The molecule has 2 aromatic rings. The fourth-order valence-electron chi connectivity index (χ4n) is 0.889. The zero-order valence-corrected chi connectivity index (χ0v) is 9.01. The smallest absolute Gasteiger partial charge is 0.199 e. The van der Waals surface area contributed by atoms with E-state index in [2.05, 4.69) is 10.3 Å². The van der Waals surface area contributed by atoms with Crippen molar-refractivity contribution in [1.82, 2.24) is 4.98 Å². The molecule has 0 aliphatic heterocycles. The van der Waals surface area contributed by atoms with Gasteiger partial charge in [0, 0.05) is 5.69 Å². The van der Waals surface area contributed by atoms with Crippen molar-refractivity contribution in [2.24, 2.45) is 0 Å². The van der Waals surface area contributed by atoms with Gasteiger partial charge in [0.1, 0.15) is 0 Å². The molecule has 5 heteroatoms. The fraction of sp³-hybridized carbons (Fsp3) is 0. The summed E-state index contributed by atoms with van der Waals surface area (Å²) < 4.78 is 0.684. The van der Waals surface area contributed by atoms with Crippen molar-refractivity contribution in [2.75, 3.05) is 5.32 Å². The SMILES string of the molecule is S=c1nc(Nc2ccccc2)ss1. The summed E-state index contributed by atoms with van der Waals surface area (Å²) >= 11 is 4.93. The van der Waals surface area contributed by atoms with E-state index in [4.69, 9.17) is 12.2 Å². The molecule has 0 spiro atoms. The maximum Gasteiger partial charge on any atom is 0.199 e. The first kappa shape index (κ1) is 8.80. The molecule has 0 unspecified atom stereocenters. The number of para-hydroxylation sites is 1. The lowest BCUT2D eigenvalue weighted by Gasteiger charge is -1.99. The van der Waals surface area contributed by atoms with Crippen molar-refractivity contribution in [3.63, 3.8) is 0 Å². The van der Waals surface area contributed by atoms with Gasteiger partial charge in [0.2, 0.25) is 0 Å². The molecule has 0 saturated heterocycles. The van der Waals surface area contributed by atoms with Gasteiger partial charge in [-0.2, -0.15) is 4.98 Å². The van der Waals surface area contributed by atoms with E-state index in [1.165, 1.54) is 10.3 Å². The number of aromatic nitrogens is 1. The summed E-state index contributed by atoms with van der Waals surface area (Å²) in [6, 6.07) is 9.93. The number of nitrogens with one attached hydrogen (secondary N) is 1. The highest BCUT2D eigenvalue weighted by molar-refractivity contribution is 7.79. The van der Waals surface area contributed by atoms with Crippen molar-refractivity contribution in [3.8, 4) is 0 Å². The van der Waals surface area contributed by atoms with E-state index in [9.17, 15) is 0 Å². The van der Waals surface area contributed by atoms with Gasteiger partial charge in [0.15, 0.2) is 9.09 Å². The molecular weight excluding hydrogens is 220 g/mol. The molecule has 0 saturated carbocycles. The Labute approximate surface area is 88.3 Å². The number of anilines is 2. The Balaban J connectivity index is 2.20. The first-order valence-corrected chi connectivity index (χ1v) is 6.20. The number of hydrogen-bond acceptors (Lipinski definition) is 5. The summed E-state index contributed by atoms with van der Waals surface area (Å²) in [6.07, 6.45) is 0. The lowest BCUT2D eigenvalue weighted by Crippen LogP contribution is -1.87. The highest BCUT2D eigenvalue weighted by atomic mass is 32.9. The number of nitrogens with zero attached hydrogens (tertiary/aromatic N) is 1. The van der Waals surface area contributed by atoms with E-state index in [0.717, 1.165) is 10.8 Å². The van der Waals surface area contributed by atoms with Crippen LogP contribution in [0.3, 0.4) is 0 Å². The van der Waals surface area contributed by atoms with Gasteiger partial charge in [0.25, 0.3) is 0 Å². The van der Waals surface area contributed by atoms with E-state index in [0.29, 0.717) is 3.95 Å². The second-order valence-electron chi connectivity index (χ2n) is 2.34. The van der Waals surface area contributed by atoms with Crippen LogP contribution in [0.25, 0.3) is 0 Å². The van der Waals surface area contributed by atoms with Crippen LogP contribution < -0.4 is 5.32 Å². The van der Waals surface area contributed by atoms with Gasteiger partial charge in [-0.05, 0) is 45.0 Å². The second-order valence-corrected chi connectivity index (χ2v) is 5.09. The van der Waals surface area contributed by atoms with Gasteiger partial charge >= 0.3 is 0 Å². The zero-order valence-electron chi connectivity index (χ0n) is 6.56. The molecule has 0 radical (unpaired) electrons. The highest BCUT2D eigenvalue weighted by Gasteiger charge is 1.96. The molecule has 2 nitrogen and oxygen atoms in total. The summed E-state index contributed by atoms with van der Waals surface area (Å²) in [7, 11) is 3.07. The fourth-order valence-corrected chi connectivity index (χ4v) is 2.77. The molecule has 13 heavy (non-hydrogen) atoms. The Morgan fingerprint density at radius 3 is 2.54 bits per heavy atom. The van der Waals surface area contributed by atoms with Gasteiger partial charge in [-0.1, -0.05) is 18.2 Å². The first-order valence-electron chi connectivity index (χ1n) is 3.64. The lowest BCUT2D eigenvalue weighted by atomic mass is 10.3. The van der Waals surface area contributed by atoms with Crippen LogP contribution >= 0.6 is 32.9 Å². The molecule has 1 N–H and O–H groups in total. The van der Waals surface area contributed by atoms with Crippen molar-refractivity contribution in [2.45, 2.75) is 0 Å². The predicted octanol–water partition coefficient (Wildman–Crippen LogP) is 3.68. The summed E-state index contributed by atoms with van der Waals surface area (Å²) in [5, 5.41) is 4.04. The monoisotopic (exact) mass is 226 g/mol. The molecule has 1 heterocycles. The van der Waals surface area contributed by atoms with Gasteiger partial charge in [-0.25, -0.2) is 0 Å². The van der Waals surface area contributed by atoms with E-state index in [1.54, 1.807) is 10.3 Å². The van der Waals surface area contributed by atoms with Gasteiger partial charge < -0.3 is 5.32 Å². The van der Waals surface area contributed by atoms with E-state index in [1.807, 2.05) is 30.3 Å². The minimum Gasteiger partial charge on any atom is -0.331 e. The molecule has 0 aliphatic carbocycles. The molecule has 0 amide bonds. The Morgan fingerprint density at radius 2 is 1.92 bits per heavy atom. The van der Waals surface area contributed by atoms with E-state index in [-0.39, 0.29) is 0 Å². The summed E-state index contributed by atoms with van der Waals surface area (Å²) in [5.41, 5.74) is 1.04. The van der Waals surface area contributed by atoms with Gasteiger partial charge in [-0.3, -0.25) is 0 Å². The summed E-state index contributed by atoms with van der Waals surface area (Å²) in [4.78, 5) is 4.15. The average Bonchev–Trinajstić information content (AvgIpc) is 2.53. The van der Waals surface area contributed by atoms with Crippen LogP contribution in [0.15, 0.2) is 30.3 Å². The van der Waals surface area contributed by atoms with Crippen molar-refractivity contribution < 1.29 is 0 Å². The van der Waals surface area contributed by atoms with Crippen molar-refractivity contribution in [3.05, 3.63) is 34.3 Å². The first-order chi connectivity index (χ1) is 6.34. The number of hydrogen-bond donors (Lipinski definition) is 1. The average molecular weight is 226 g/mol. The van der Waals surface area contributed by atoms with Crippen LogP contribution in [0.2, 0.25) is 0 Å². The van der Waals surface area contributed by atoms with Crippen molar-refractivity contribution in [1.29, 1.82) is 0 Å². The zero-order chi connectivity index (χ0) is 9.10. The maximum atomic E-state index is 4.93. The molecule has 1 aromatic heterocycles. The maximum absolute atomic E-state index is 4.93. The third-order valence-electron chi connectivity index (χ3n) is 1.41. The molecule has 0 bridgehead atoms. The van der Waals surface area contributed by atoms with Crippen LogP contribution in [0.1, 0.15) is 0 Å². The third-order valence-corrected chi connectivity index (χ3v) is 3.93. The summed E-state index contributed by atoms with van der Waals surface area (Å²) in [5.74, 6) is 0. The third kappa shape index (κ3) is 2.33. The van der Waals surface area contributed by atoms with Crippen molar-refractivity contribution >= 4 is 43.7 Å². The predicted molar refractivity (Wildman–Crippen MR) is 60.5 cm³/mol. The van der Waals surface area contributed by atoms with Crippen LogP contribution in [0, 0.1) is 3.95 Å². The molecular formula is C8H6N2S3. The van der Waals surface area contributed by atoms with Crippen LogP contribution in [0.5, 0.6) is 0 Å². The highest BCUT2D eigenvalue weighted by Crippen LogP contribution is 2.22. The molecule has 2 rings (SSSR count). The Kier molecular flexibility index (Phi) is 2.68. The summed E-state index contributed by atoms with van der Waals surface area (Å²) in [6.45, 7) is 0. The van der Waals surface area contributed by atoms with Crippen LogP contribution in [-0.4, -0.2) is 4.98 Å². The Morgan fingerprint density at radius 1 is 1.15 bits per heavy atom. The van der Waals surface area contributed by atoms with Crippen LogP contribution in [0.4, 0.5) is 10.8 Å².